The summed E-state index contributed by atoms with van der Waals surface area (Å²) in [4.78, 5) is 0. The second-order valence-corrected chi connectivity index (χ2v) is 4.02. The number of aliphatic hydroxyl groups is 1. The van der Waals surface area contributed by atoms with Gasteiger partial charge in [0.2, 0.25) is 0 Å². The molecule has 0 aromatic heterocycles. The van der Waals surface area contributed by atoms with E-state index in [0.29, 0.717) is 6.42 Å². The number of hydrogen-bond acceptors (Lipinski definition) is 1. The minimum absolute atomic E-state index is 0.152. The molecular weight excluding hydrogens is 208 g/mol. The normalized spacial score (nSPS) is 10.2. The molecule has 0 unspecified atom stereocenters. The zero-order valence-electron chi connectivity index (χ0n) is 9.76. The maximum atomic E-state index is 8.87. The summed E-state index contributed by atoms with van der Waals surface area (Å²) in [7, 11) is 0. The number of rotatable bonds is 4. The van der Waals surface area contributed by atoms with Crippen LogP contribution in [0.25, 0.3) is 16.7 Å². The van der Waals surface area contributed by atoms with Gasteiger partial charge >= 0.3 is 0 Å². The van der Waals surface area contributed by atoms with Gasteiger partial charge in [-0.05, 0) is 28.7 Å². The third-order valence-electron chi connectivity index (χ3n) is 2.81. The molecule has 2 aromatic rings. The maximum absolute atomic E-state index is 8.87. The van der Waals surface area contributed by atoms with Crippen molar-refractivity contribution in [1.29, 1.82) is 0 Å². The Balaban J connectivity index is 2.22. The lowest BCUT2D eigenvalue weighted by atomic mass is 10.00. The second kappa shape index (κ2) is 5.46. The maximum Gasteiger partial charge on any atom is 0.0471 e. The Morgan fingerprint density at radius 2 is 1.47 bits per heavy atom. The summed E-state index contributed by atoms with van der Waals surface area (Å²) in [6.07, 6.45) is 0.630. The minimum atomic E-state index is 0.152. The van der Waals surface area contributed by atoms with Gasteiger partial charge in [-0.15, -0.1) is 0 Å². The van der Waals surface area contributed by atoms with Gasteiger partial charge < -0.3 is 5.11 Å². The highest BCUT2D eigenvalue weighted by atomic mass is 16.2. The van der Waals surface area contributed by atoms with Gasteiger partial charge in [0.25, 0.3) is 0 Å². The molecule has 0 heterocycles. The van der Waals surface area contributed by atoms with Gasteiger partial charge in [0, 0.05) is 6.61 Å². The molecule has 0 amide bonds. The first-order valence-electron chi connectivity index (χ1n) is 5.76. The SMILES string of the molecule is C=C(CCO)c1ccc(-c2ccccc2)cc1. The summed E-state index contributed by atoms with van der Waals surface area (Å²) in [5.41, 5.74) is 4.49. The summed E-state index contributed by atoms with van der Waals surface area (Å²) < 4.78 is 0. The largest absolute Gasteiger partial charge is 0.396 e. The highest BCUT2D eigenvalue weighted by Gasteiger charge is 2.00. The van der Waals surface area contributed by atoms with Crippen LogP contribution < -0.4 is 0 Å². The third-order valence-corrected chi connectivity index (χ3v) is 2.81. The van der Waals surface area contributed by atoms with E-state index in [0.717, 1.165) is 11.1 Å². The van der Waals surface area contributed by atoms with Crippen LogP contribution in [0.4, 0.5) is 0 Å². The molecule has 0 radical (unpaired) electrons. The number of aliphatic hydroxyl groups excluding tert-OH is 1. The summed E-state index contributed by atoms with van der Waals surface area (Å²) in [6.45, 7) is 4.11. The molecule has 17 heavy (non-hydrogen) atoms. The Bertz CT molecular complexity index is 483. The first-order chi connectivity index (χ1) is 8.31. The zero-order chi connectivity index (χ0) is 12.1. The molecule has 0 spiro atoms. The van der Waals surface area contributed by atoms with Crippen molar-refractivity contribution in [2.75, 3.05) is 6.61 Å². The minimum Gasteiger partial charge on any atom is -0.396 e. The lowest BCUT2D eigenvalue weighted by molar-refractivity contribution is 0.305. The zero-order valence-corrected chi connectivity index (χ0v) is 9.76. The third kappa shape index (κ3) is 2.83. The molecule has 1 heteroatoms. The molecule has 0 fully saturated rings. The Kier molecular flexibility index (Phi) is 3.73. The van der Waals surface area contributed by atoms with Gasteiger partial charge in [0.15, 0.2) is 0 Å². The van der Waals surface area contributed by atoms with Crippen molar-refractivity contribution < 1.29 is 5.11 Å². The van der Waals surface area contributed by atoms with Crippen molar-refractivity contribution in [3.8, 4) is 11.1 Å². The molecule has 0 atom stereocenters. The highest BCUT2D eigenvalue weighted by Crippen LogP contribution is 2.22. The molecule has 2 aromatic carbocycles. The predicted molar refractivity (Wildman–Crippen MR) is 72.6 cm³/mol. The smallest absolute Gasteiger partial charge is 0.0471 e. The molecule has 1 N–H and O–H groups in total. The molecule has 0 saturated heterocycles. The van der Waals surface area contributed by atoms with Gasteiger partial charge in [0.1, 0.15) is 0 Å². The molecule has 1 nitrogen and oxygen atoms in total. The van der Waals surface area contributed by atoms with E-state index in [4.69, 9.17) is 5.11 Å². The molecular formula is C16H16O. The predicted octanol–water partition coefficient (Wildman–Crippen LogP) is 3.75. The van der Waals surface area contributed by atoms with Gasteiger partial charge in [-0.25, -0.2) is 0 Å². The van der Waals surface area contributed by atoms with Crippen LogP contribution in [-0.2, 0) is 0 Å². The summed E-state index contributed by atoms with van der Waals surface area (Å²) >= 11 is 0. The van der Waals surface area contributed by atoms with Crippen molar-refractivity contribution in [1.82, 2.24) is 0 Å². The first-order valence-corrected chi connectivity index (χ1v) is 5.76. The summed E-state index contributed by atoms with van der Waals surface area (Å²) in [5.74, 6) is 0. The molecule has 0 bridgehead atoms. The Morgan fingerprint density at radius 3 is 2.06 bits per heavy atom. The molecule has 0 aliphatic carbocycles. The lowest BCUT2D eigenvalue weighted by Crippen LogP contribution is -1.87. The van der Waals surface area contributed by atoms with Crippen LogP contribution in [0.3, 0.4) is 0 Å². The van der Waals surface area contributed by atoms with Crippen molar-refractivity contribution >= 4 is 5.57 Å². The van der Waals surface area contributed by atoms with E-state index >= 15 is 0 Å². The first kappa shape index (κ1) is 11.6. The van der Waals surface area contributed by atoms with Crippen molar-refractivity contribution in [3.63, 3.8) is 0 Å². The second-order valence-electron chi connectivity index (χ2n) is 4.02. The van der Waals surface area contributed by atoms with E-state index in [9.17, 15) is 0 Å². The fourth-order valence-corrected chi connectivity index (χ4v) is 1.81. The van der Waals surface area contributed by atoms with Crippen molar-refractivity contribution in [2.24, 2.45) is 0 Å². The number of benzene rings is 2. The van der Waals surface area contributed by atoms with E-state index in [1.165, 1.54) is 11.1 Å². The molecule has 2 rings (SSSR count). The fourth-order valence-electron chi connectivity index (χ4n) is 1.81. The number of hydrogen-bond donors (Lipinski definition) is 1. The van der Waals surface area contributed by atoms with E-state index in [2.05, 4.69) is 43.0 Å². The van der Waals surface area contributed by atoms with Crippen LogP contribution in [0.5, 0.6) is 0 Å². The van der Waals surface area contributed by atoms with Gasteiger partial charge in [-0.2, -0.15) is 0 Å². The lowest BCUT2D eigenvalue weighted by Gasteiger charge is -2.06. The van der Waals surface area contributed by atoms with Crippen LogP contribution in [0.1, 0.15) is 12.0 Å². The molecule has 0 saturated carbocycles. The van der Waals surface area contributed by atoms with Crippen LogP contribution in [0, 0.1) is 0 Å². The van der Waals surface area contributed by atoms with Gasteiger partial charge in [0.05, 0.1) is 0 Å². The Hall–Kier alpha value is -1.86. The van der Waals surface area contributed by atoms with Crippen LogP contribution in [0.15, 0.2) is 61.2 Å². The van der Waals surface area contributed by atoms with Crippen LogP contribution >= 0.6 is 0 Å². The molecule has 0 aliphatic rings. The standard InChI is InChI=1S/C16H16O/c1-13(11-12-17)14-7-9-16(10-8-14)15-5-3-2-4-6-15/h2-10,17H,1,11-12H2. The van der Waals surface area contributed by atoms with Gasteiger partial charge in [-0.1, -0.05) is 61.2 Å². The van der Waals surface area contributed by atoms with E-state index < -0.39 is 0 Å². The quantitative estimate of drug-likeness (QED) is 0.838. The van der Waals surface area contributed by atoms with E-state index in [1.54, 1.807) is 0 Å². The topological polar surface area (TPSA) is 20.2 Å². The highest BCUT2D eigenvalue weighted by molar-refractivity contribution is 5.69. The van der Waals surface area contributed by atoms with E-state index in [1.807, 2.05) is 18.2 Å². The van der Waals surface area contributed by atoms with E-state index in [-0.39, 0.29) is 6.61 Å². The Labute approximate surface area is 102 Å². The monoisotopic (exact) mass is 224 g/mol. The van der Waals surface area contributed by atoms with Crippen LogP contribution in [0.2, 0.25) is 0 Å². The summed E-state index contributed by atoms with van der Waals surface area (Å²) in [5, 5.41) is 8.87. The van der Waals surface area contributed by atoms with Gasteiger partial charge in [-0.3, -0.25) is 0 Å². The van der Waals surface area contributed by atoms with Crippen LogP contribution in [-0.4, -0.2) is 11.7 Å². The molecule has 0 aliphatic heterocycles. The van der Waals surface area contributed by atoms with Crippen molar-refractivity contribution in [3.05, 3.63) is 66.7 Å². The fraction of sp³-hybridized carbons (Fsp3) is 0.125. The van der Waals surface area contributed by atoms with Crippen molar-refractivity contribution in [2.45, 2.75) is 6.42 Å². The molecule has 86 valence electrons. The average molecular weight is 224 g/mol. The summed E-state index contributed by atoms with van der Waals surface area (Å²) in [6, 6.07) is 18.6. The Morgan fingerprint density at radius 1 is 0.882 bits per heavy atom. The average Bonchev–Trinajstić information content (AvgIpc) is 2.40.